The molecule has 0 atom stereocenters. The minimum atomic E-state index is -5.07. The van der Waals surface area contributed by atoms with Crippen molar-refractivity contribution in [3.05, 3.63) is 70.1 Å². The quantitative estimate of drug-likeness (QED) is 0.438. The molecule has 0 amide bonds. The van der Waals surface area contributed by atoms with Crippen molar-refractivity contribution in [1.29, 1.82) is 0 Å². The van der Waals surface area contributed by atoms with E-state index >= 15 is 0 Å². The van der Waals surface area contributed by atoms with Gasteiger partial charge in [0, 0.05) is 24.2 Å². The summed E-state index contributed by atoms with van der Waals surface area (Å²) in [5.41, 5.74) is -0.225. The molecule has 28 heavy (non-hydrogen) atoms. The van der Waals surface area contributed by atoms with Crippen LogP contribution in [0.3, 0.4) is 0 Å². The molecule has 3 aromatic rings. The van der Waals surface area contributed by atoms with Crippen molar-refractivity contribution in [3.8, 4) is 11.4 Å². The van der Waals surface area contributed by atoms with Crippen molar-refractivity contribution in [1.82, 2.24) is 9.78 Å². The van der Waals surface area contributed by atoms with Gasteiger partial charge in [-0.25, -0.2) is 4.68 Å². The van der Waals surface area contributed by atoms with E-state index in [1.54, 1.807) is 24.3 Å². The zero-order valence-corrected chi connectivity index (χ0v) is 15.6. The molecular weight excluding hydrogens is 412 g/mol. The number of nitrogens with zero attached hydrogens (tertiary/aromatic N) is 1. The fraction of sp³-hybridized carbons (Fsp3) is 0.0625. The number of benzene rings is 2. The lowest BCUT2D eigenvalue weighted by Gasteiger charge is -2.11. The third-order valence-corrected chi connectivity index (χ3v) is 5.54. The van der Waals surface area contributed by atoms with Crippen LogP contribution in [0.25, 0.3) is 5.69 Å². The maximum atomic E-state index is 12.3. The Hall–Kier alpha value is -2.93. The van der Waals surface area contributed by atoms with Gasteiger partial charge in [-0.05, 0) is 11.6 Å². The number of nitrogens with one attached hydrogen (secondary N) is 1. The molecule has 0 radical (unpaired) electrons. The minimum Gasteiger partial charge on any atom is -0.506 e. The van der Waals surface area contributed by atoms with Crippen molar-refractivity contribution in [3.63, 3.8) is 0 Å². The van der Waals surface area contributed by atoms with Crippen molar-refractivity contribution in [2.24, 2.45) is 0 Å². The van der Waals surface area contributed by atoms with Gasteiger partial charge >= 0.3 is 0 Å². The van der Waals surface area contributed by atoms with Gasteiger partial charge < -0.3 is 5.11 Å². The summed E-state index contributed by atoms with van der Waals surface area (Å²) in [5, 5.41) is 12.8. The molecule has 148 valence electrons. The van der Waals surface area contributed by atoms with Crippen molar-refractivity contribution in [2.45, 2.75) is 16.2 Å². The fourth-order valence-corrected chi connectivity index (χ4v) is 3.97. The SMILES string of the molecule is O=c1cc(Cc2ccccc2)[nH]n1-c1c(O)cc(S(=O)(=O)O)cc1S(=O)(=O)O. The molecule has 0 saturated heterocycles. The predicted molar refractivity (Wildman–Crippen MR) is 96.9 cm³/mol. The third kappa shape index (κ3) is 3.99. The summed E-state index contributed by atoms with van der Waals surface area (Å²) >= 11 is 0. The lowest BCUT2D eigenvalue weighted by molar-refractivity contribution is 0.454. The van der Waals surface area contributed by atoms with Gasteiger partial charge in [0.25, 0.3) is 25.8 Å². The van der Waals surface area contributed by atoms with Gasteiger partial charge in [-0.2, -0.15) is 16.8 Å². The molecule has 0 aliphatic carbocycles. The Kier molecular flexibility index (Phi) is 4.89. The molecule has 10 nitrogen and oxygen atoms in total. The number of hydrogen-bond donors (Lipinski definition) is 4. The topological polar surface area (TPSA) is 167 Å². The lowest BCUT2D eigenvalue weighted by atomic mass is 10.1. The molecule has 12 heteroatoms. The van der Waals surface area contributed by atoms with E-state index in [4.69, 9.17) is 4.55 Å². The van der Waals surface area contributed by atoms with Crippen LogP contribution in [0.4, 0.5) is 0 Å². The molecule has 1 aromatic heterocycles. The Morgan fingerprint density at radius 1 is 0.929 bits per heavy atom. The second-order valence-corrected chi connectivity index (χ2v) is 8.67. The third-order valence-electron chi connectivity index (χ3n) is 3.84. The molecule has 0 fully saturated rings. The van der Waals surface area contributed by atoms with E-state index in [1.807, 2.05) is 6.07 Å². The molecule has 0 saturated carbocycles. The zero-order chi connectivity index (χ0) is 20.7. The smallest absolute Gasteiger partial charge is 0.296 e. The first-order chi connectivity index (χ1) is 13.0. The lowest BCUT2D eigenvalue weighted by Crippen LogP contribution is -2.18. The summed E-state index contributed by atoms with van der Waals surface area (Å²) in [6, 6.07) is 11.2. The van der Waals surface area contributed by atoms with Gasteiger partial charge in [-0.3, -0.25) is 19.0 Å². The number of phenolic OH excluding ortho intramolecular Hbond substituents is 1. The number of hydrogen-bond acceptors (Lipinski definition) is 6. The second kappa shape index (κ2) is 6.91. The van der Waals surface area contributed by atoms with Gasteiger partial charge in [0.15, 0.2) is 0 Å². The summed E-state index contributed by atoms with van der Waals surface area (Å²) < 4.78 is 65.2. The van der Waals surface area contributed by atoms with Gasteiger partial charge in [0.1, 0.15) is 16.3 Å². The summed E-state index contributed by atoms with van der Waals surface area (Å²) in [5.74, 6) is -0.960. The highest BCUT2D eigenvalue weighted by molar-refractivity contribution is 7.86. The summed E-state index contributed by atoms with van der Waals surface area (Å²) in [7, 11) is -9.95. The van der Waals surface area contributed by atoms with E-state index in [-0.39, 0.29) is 6.42 Å². The normalized spacial score (nSPS) is 12.2. The molecular formula is C16H14N2O8S2. The van der Waals surface area contributed by atoms with Crippen LogP contribution in [-0.4, -0.2) is 40.8 Å². The van der Waals surface area contributed by atoms with Gasteiger partial charge in [-0.15, -0.1) is 0 Å². The van der Waals surface area contributed by atoms with Gasteiger partial charge in [-0.1, -0.05) is 30.3 Å². The number of rotatable bonds is 5. The Balaban J connectivity index is 2.20. The maximum Gasteiger partial charge on any atom is 0.296 e. The molecule has 0 aliphatic heterocycles. The Morgan fingerprint density at radius 2 is 1.57 bits per heavy atom. The van der Waals surface area contributed by atoms with Crippen LogP contribution in [0.5, 0.6) is 5.75 Å². The molecule has 0 bridgehead atoms. The molecule has 0 unspecified atom stereocenters. The van der Waals surface area contributed by atoms with E-state index in [2.05, 4.69) is 5.10 Å². The van der Waals surface area contributed by atoms with E-state index in [9.17, 15) is 31.3 Å². The average Bonchev–Trinajstić information content (AvgIpc) is 2.93. The number of aromatic amines is 1. The van der Waals surface area contributed by atoms with Gasteiger partial charge in [0.2, 0.25) is 0 Å². The van der Waals surface area contributed by atoms with Crippen molar-refractivity contribution < 1.29 is 31.0 Å². The number of aromatic nitrogens is 2. The number of H-pyrrole nitrogens is 1. The predicted octanol–water partition coefficient (Wildman–Crippen LogP) is 0.955. The van der Waals surface area contributed by atoms with Crippen LogP contribution in [0.2, 0.25) is 0 Å². The molecule has 1 heterocycles. The van der Waals surface area contributed by atoms with E-state index in [0.29, 0.717) is 22.5 Å². The first-order valence-corrected chi connectivity index (χ1v) is 10.5. The molecule has 4 N–H and O–H groups in total. The Labute approximate surface area is 159 Å². The highest BCUT2D eigenvalue weighted by Crippen LogP contribution is 2.31. The highest BCUT2D eigenvalue weighted by atomic mass is 32.2. The summed E-state index contributed by atoms with van der Waals surface area (Å²) in [6.07, 6.45) is 0.286. The molecule has 3 rings (SSSR count). The van der Waals surface area contributed by atoms with E-state index < -0.39 is 47.0 Å². The van der Waals surface area contributed by atoms with E-state index in [1.165, 1.54) is 0 Å². The van der Waals surface area contributed by atoms with Crippen LogP contribution >= 0.6 is 0 Å². The number of aromatic hydroxyl groups is 1. The Morgan fingerprint density at radius 3 is 2.14 bits per heavy atom. The number of phenols is 1. The standard InChI is InChI=1S/C16H14N2O8S2/c19-13-8-12(27(21,22)23)9-14(28(24,25)26)16(13)18-15(20)7-11(17-18)6-10-4-2-1-3-5-10/h1-5,7-9,17,19H,6H2,(H,21,22,23)(H,24,25,26). The van der Waals surface area contributed by atoms with Crippen LogP contribution in [0, 0.1) is 0 Å². The molecule has 2 aromatic carbocycles. The monoisotopic (exact) mass is 426 g/mol. The first kappa shape index (κ1) is 19.8. The zero-order valence-electron chi connectivity index (χ0n) is 14.0. The van der Waals surface area contributed by atoms with Gasteiger partial charge in [0.05, 0.1) is 4.90 Å². The average molecular weight is 426 g/mol. The second-order valence-electron chi connectivity index (χ2n) is 5.86. The molecule has 0 spiro atoms. The maximum absolute atomic E-state index is 12.3. The largest absolute Gasteiger partial charge is 0.506 e. The highest BCUT2D eigenvalue weighted by Gasteiger charge is 2.26. The van der Waals surface area contributed by atoms with Crippen LogP contribution < -0.4 is 5.56 Å². The summed E-state index contributed by atoms with van der Waals surface area (Å²) in [4.78, 5) is 10.3. The van der Waals surface area contributed by atoms with Crippen LogP contribution in [-0.2, 0) is 26.7 Å². The first-order valence-electron chi connectivity index (χ1n) is 7.64. The Bertz CT molecular complexity index is 1310. The summed E-state index contributed by atoms with van der Waals surface area (Å²) in [6.45, 7) is 0. The fourth-order valence-electron chi connectivity index (χ4n) is 2.66. The van der Waals surface area contributed by atoms with Crippen molar-refractivity contribution in [2.75, 3.05) is 0 Å². The van der Waals surface area contributed by atoms with Crippen LogP contribution in [0.1, 0.15) is 11.3 Å². The minimum absolute atomic E-state index is 0.286. The van der Waals surface area contributed by atoms with Crippen molar-refractivity contribution >= 4 is 20.2 Å². The van der Waals surface area contributed by atoms with E-state index in [0.717, 1.165) is 11.6 Å². The van der Waals surface area contributed by atoms with Crippen LogP contribution in [0.15, 0.2) is 63.1 Å². The molecule has 0 aliphatic rings.